The van der Waals surface area contributed by atoms with E-state index in [0.717, 1.165) is 32.2 Å². The highest BCUT2D eigenvalue weighted by molar-refractivity contribution is 5.73. The highest BCUT2D eigenvalue weighted by atomic mass is 16.1. The van der Waals surface area contributed by atoms with Gasteiger partial charge >= 0.3 is 0 Å². The van der Waals surface area contributed by atoms with Gasteiger partial charge < -0.3 is 10.2 Å². The van der Waals surface area contributed by atoms with E-state index < -0.39 is 0 Å². The summed E-state index contributed by atoms with van der Waals surface area (Å²) in [5, 5.41) is 2.92. The van der Waals surface area contributed by atoms with Gasteiger partial charge in [0.2, 0.25) is 11.9 Å². The zero-order valence-corrected chi connectivity index (χ0v) is 10.3. The highest BCUT2D eigenvalue weighted by Gasteiger charge is 2.21. The third-order valence-electron chi connectivity index (χ3n) is 2.98. The molecule has 96 valence electrons. The molecular formula is C12H16N4O2. The summed E-state index contributed by atoms with van der Waals surface area (Å²) in [4.78, 5) is 31.8. The number of hydrogen-bond acceptors (Lipinski definition) is 5. The standard InChI is InChI=1S/C12H16N4O2/c1-9(18)15-11-2-4-16(5-3-11)12-13-6-10(8-17)7-14-12/h6-8,11H,2-5H2,1H3,(H,15,18). The van der Waals surface area contributed by atoms with Gasteiger partial charge in [-0.05, 0) is 12.8 Å². The molecule has 1 aromatic heterocycles. The molecule has 6 heteroatoms. The average Bonchev–Trinajstić information content (AvgIpc) is 2.39. The summed E-state index contributed by atoms with van der Waals surface area (Å²) < 4.78 is 0. The molecule has 0 spiro atoms. The van der Waals surface area contributed by atoms with E-state index >= 15 is 0 Å². The third kappa shape index (κ3) is 3.03. The van der Waals surface area contributed by atoms with Gasteiger partial charge in [0.05, 0.1) is 5.56 Å². The Morgan fingerprint density at radius 1 is 1.39 bits per heavy atom. The molecule has 0 aromatic carbocycles. The minimum absolute atomic E-state index is 0.0139. The molecular weight excluding hydrogens is 232 g/mol. The fourth-order valence-corrected chi connectivity index (χ4v) is 2.07. The second-order valence-electron chi connectivity index (χ2n) is 4.40. The molecule has 1 fully saturated rings. The molecule has 18 heavy (non-hydrogen) atoms. The first kappa shape index (κ1) is 12.5. The van der Waals surface area contributed by atoms with Crippen molar-refractivity contribution in [1.29, 1.82) is 0 Å². The van der Waals surface area contributed by atoms with Crippen molar-refractivity contribution in [1.82, 2.24) is 15.3 Å². The fraction of sp³-hybridized carbons (Fsp3) is 0.500. The molecule has 6 nitrogen and oxygen atoms in total. The zero-order chi connectivity index (χ0) is 13.0. The van der Waals surface area contributed by atoms with Crippen LogP contribution in [0.25, 0.3) is 0 Å². The lowest BCUT2D eigenvalue weighted by atomic mass is 10.1. The molecule has 2 heterocycles. The highest BCUT2D eigenvalue weighted by Crippen LogP contribution is 2.15. The maximum atomic E-state index is 11.0. The molecule has 1 aliphatic rings. The van der Waals surface area contributed by atoms with Gasteiger partial charge in [0.25, 0.3) is 0 Å². The Balaban J connectivity index is 1.92. The predicted molar refractivity (Wildman–Crippen MR) is 66.5 cm³/mol. The smallest absolute Gasteiger partial charge is 0.225 e. The van der Waals surface area contributed by atoms with Crippen LogP contribution in [0, 0.1) is 0 Å². The molecule has 1 amide bonds. The van der Waals surface area contributed by atoms with E-state index in [1.165, 1.54) is 19.3 Å². The van der Waals surface area contributed by atoms with Gasteiger partial charge in [0.1, 0.15) is 0 Å². The minimum atomic E-state index is 0.0139. The molecule has 2 rings (SSSR count). The van der Waals surface area contributed by atoms with Crippen molar-refractivity contribution >= 4 is 18.1 Å². The Morgan fingerprint density at radius 3 is 2.50 bits per heavy atom. The summed E-state index contributed by atoms with van der Waals surface area (Å²) in [6, 6.07) is 0.244. The first-order valence-electron chi connectivity index (χ1n) is 5.98. The first-order chi connectivity index (χ1) is 8.69. The Hall–Kier alpha value is -1.98. The van der Waals surface area contributed by atoms with Crippen molar-refractivity contribution in [3.63, 3.8) is 0 Å². The number of anilines is 1. The van der Waals surface area contributed by atoms with Crippen LogP contribution >= 0.6 is 0 Å². The number of aldehydes is 1. The number of amides is 1. The van der Waals surface area contributed by atoms with Gasteiger partial charge in [-0.25, -0.2) is 9.97 Å². The molecule has 1 N–H and O–H groups in total. The second-order valence-corrected chi connectivity index (χ2v) is 4.40. The van der Waals surface area contributed by atoms with E-state index in [2.05, 4.69) is 20.2 Å². The first-order valence-corrected chi connectivity index (χ1v) is 5.98. The maximum absolute atomic E-state index is 11.0. The van der Waals surface area contributed by atoms with Gasteiger partial charge in [-0.15, -0.1) is 0 Å². The van der Waals surface area contributed by atoms with Crippen molar-refractivity contribution in [3.8, 4) is 0 Å². The maximum Gasteiger partial charge on any atom is 0.225 e. The Morgan fingerprint density at radius 2 is 2.00 bits per heavy atom. The lowest BCUT2D eigenvalue weighted by molar-refractivity contribution is -0.119. The third-order valence-corrected chi connectivity index (χ3v) is 2.98. The van der Waals surface area contributed by atoms with Gasteiger partial charge in [0, 0.05) is 38.4 Å². The Kier molecular flexibility index (Phi) is 3.86. The summed E-state index contributed by atoms with van der Waals surface area (Å²) in [7, 11) is 0. The number of carbonyl (C=O) groups is 2. The normalized spacial score (nSPS) is 16.4. The molecule has 0 atom stereocenters. The SMILES string of the molecule is CC(=O)NC1CCN(c2ncc(C=O)cn2)CC1. The number of nitrogens with zero attached hydrogens (tertiary/aromatic N) is 3. The number of piperidine rings is 1. The fourth-order valence-electron chi connectivity index (χ4n) is 2.07. The van der Waals surface area contributed by atoms with Gasteiger partial charge in [0.15, 0.2) is 6.29 Å². The molecule has 0 bridgehead atoms. The van der Waals surface area contributed by atoms with Crippen LogP contribution in [0.15, 0.2) is 12.4 Å². The van der Waals surface area contributed by atoms with Crippen LogP contribution in [0.1, 0.15) is 30.1 Å². The van der Waals surface area contributed by atoms with E-state index in [9.17, 15) is 9.59 Å². The van der Waals surface area contributed by atoms with Crippen LogP contribution in [0.5, 0.6) is 0 Å². The quantitative estimate of drug-likeness (QED) is 0.783. The number of carbonyl (C=O) groups excluding carboxylic acids is 2. The van der Waals surface area contributed by atoms with Crippen molar-refractivity contribution in [2.75, 3.05) is 18.0 Å². The molecule has 1 aromatic rings. The molecule has 1 saturated heterocycles. The largest absolute Gasteiger partial charge is 0.353 e. The Bertz CT molecular complexity index is 424. The number of rotatable bonds is 3. The van der Waals surface area contributed by atoms with E-state index in [0.29, 0.717) is 11.5 Å². The van der Waals surface area contributed by atoms with Crippen molar-refractivity contribution in [2.24, 2.45) is 0 Å². The number of hydrogen-bond donors (Lipinski definition) is 1. The molecule has 1 aliphatic heterocycles. The van der Waals surface area contributed by atoms with Crippen LogP contribution in [0.4, 0.5) is 5.95 Å². The van der Waals surface area contributed by atoms with Crippen LogP contribution in [0.3, 0.4) is 0 Å². The molecule has 0 radical (unpaired) electrons. The lowest BCUT2D eigenvalue weighted by Crippen LogP contribution is -2.44. The van der Waals surface area contributed by atoms with Crippen molar-refractivity contribution in [3.05, 3.63) is 18.0 Å². The van der Waals surface area contributed by atoms with Crippen molar-refractivity contribution in [2.45, 2.75) is 25.8 Å². The predicted octanol–water partition coefficient (Wildman–Crippen LogP) is 0.394. The van der Waals surface area contributed by atoms with E-state index in [1.807, 2.05) is 0 Å². The van der Waals surface area contributed by atoms with E-state index in [1.54, 1.807) is 0 Å². The van der Waals surface area contributed by atoms with Crippen molar-refractivity contribution < 1.29 is 9.59 Å². The number of aromatic nitrogens is 2. The Labute approximate surface area is 105 Å². The van der Waals surface area contributed by atoms with Gasteiger partial charge in [-0.1, -0.05) is 0 Å². The van der Waals surface area contributed by atoms with Crippen LogP contribution in [-0.2, 0) is 4.79 Å². The average molecular weight is 248 g/mol. The van der Waals surface area contributed by atoms with Gasteiger partial charge in [-0.3, -0.25) is 9.59 Å². The zero-order valence-electron chi connectivity index (χ0n) is 10.3. The summed E-state index contributed by atoms with van der Waals surface area (Å²) >= 11 is 0. The summed E-state index contributed by atoms with van der Waals surface area (Å²) in [5.74, 6) is 0.655. The topological polar surface area (TPSA) is 75.2 Å². The summed E-state index contributed by atoms with van der Waals surface area (Å²) in [6.45, 7) is 3.16. The van der Waals surface area contributed by atoms with Crippen LogP contribution in [0.2, 0.25) is 0 Å². The lowest BCUT2D eigenvalue weighted by Gasteiger charge is -2.32. The monoisotopic (exact) mass is 248 g/mol. The van der Waals surface area contributed by atoms with Gasteiger partial charge in [-0.2, -0.15) is 0 Å². The summed E-state index contributed by atoms with van der Waals surface area (Å²) in [6.07, 6.45) is 5.55. The van der Waals surface area contributed by atoms with Crippen LogP contribution in [-0.4, -0.2) is 41.3 Å². The molecule has 0 unspecified atom stereocenters. The number of nitrogens with one attached hydrogen (secondary N) is 1. The molecule has 0 aliphatic carbocycles. The minimum Gasteiger partial charge on any atom is -0.353 e. The van der Waals surface area contributed by atoms with Crippen LogP contribution < -0.4 is 10.2 Å². The molecule has 0 saturated carbocycles. The summed E-state index contributed by atoms with van der Waals surface area (Å²) in [5.41, 5.74) is 0.479. The second kappa shape index (κ2) is 5.57. The van der Waals surface area contributed by atoms with E-state index in [4.69, 9.17) is 0 Å². The van der Waals surface area contributed by atoms with E-state index in [-0.39, 0.29) is 11.9 Å².